The molecule has 8 aromatic rings. The Hall–Kier alpha value is -8.39. The SMILES string of the molecule is COc1c(Nc2cc(Cl)ncc2C(=O)C2CC2)cccc1-c1ncn(C)n1.COc1c(Nc2cc(Nc3ccc(C)nn3)ncc2C(=O)C2CC2)cccc1-c1ncn(C)n1.Cc1ccc(N)nn1. The number of para-hydroxylation sites is 2. The number of carbonyl (C=O) groups excluding carboxylic acids is 2. The van der Waals surface area contributed by atoms with Gasteiger partial charge in [0.1, 0.15) is 29.4 Å². The van der Waals surface area contributed by atoms with E-state index in [1.165, 1.54) is 6.20 Å². The van der Waals surface area contributed by atoms with Crippen LogP contribution in [-0.2, 0) is 14.1 Å². The van der Waals surface area contributed by atoms with Crippen molar-refractivity contribution in [1.29, 1.82) is 0 Å². The van der Waals surface area contributed by atoms with Crippen molar-refractivity contribution >= 4 is 63.4 Å². The minimum Gasteiger partial charge on any atom is -0.494 e. The average molecular weight is 949 g/mol. The lowest BCUT2D eigenvalue weighted by molar-refractivity contribution is 0.0960. The van der Waals surface area contributed by atoms with E-state index in [-0.39, 0.29) is 23.4 Å². The number of methoxy groups -OCH3 is 2. The molecule has 21 heteroatoms. The number of anilines is 7. The first-order chi connectivity index (χ1) is 33.4. The number of benzene rings is 2. The number of ketones is 2. The molecule has 0 atom stereocenters. The molecule has 0 bridgehead atoms. The summed E-state index contributed by atoms with van der Waals surface area (Å²) in [5.41, 5.74) is 12.1. The van der Waals surface area contributed by atoms with Crippen LogP contribution in [0, 0.1) is 25.7 Å². The minimum atomic E-state index is 0.0510. The number of halogens is 1. The van der Waals surface area contributed by atoms with Crippen LogP contribution in [-0.4, -0.2) is 85.7 Å². The first-order valence-electron chi connectivity index (χ1n) is 21.8. The van der Waals surface area contributed by atoms with Crippen LogP contribution >= 0.6 is 11.6 Å². The first kappa shape index (κ1) is 47.1. The monoisotopic (exact) mass is 948 g/mol. The first-order valence-corrected chi connectivity index (χ1v) is 22.2. The third kappa shape index (κ3) is 11.8. The summed E-state index contributed by atoms with van der Waals surface area (Å²) in [7, 11) is 6.80. The number of aromatic nitrogens is 12. The quantitative estimate of drug-likeness (QED) is 0.0590. The molecule has 2 aliphatic carbocycles. The highest BCUT2D eigenvalue weighted by atomic mass is 35.5. The van der Waals surface area contributed by atoms with Crippen LogP contribution in [0.15, 0.2) is 97.8 Å². The number of nitrogens with one attached hydrogen (secondary N) is 3. The lowest BCUT2D eigenvalue weighted by Crippen LogP contribution is -2.09. The van der Waals surface area contributed by atoms with E-state index in [1.54, 1.807) is 67.7 Å². The zero-order chi connectivity index (χ0) is 48.6. The molecule has 2 aliphatic rings. The van der Waals surface area contributed by atoms with Gasteiger partial charge in [-0.15, -0.1) is 10.2 Å². The summed E-state index contributed by atoms with van der Waals surface area (Å²) < 4.78 is 14.6. The van der Waals surface area contributed by atoms with E-state index < -0.39 is 0 Å². The van der Waals surface area contributed by atoms with Crippen molar-refractivity contribution in [1.82, 2.24) is 59.9 Å². The van der Waals surface area contributed by atoms with E-state index in [2.05, 4.69) is 66.5 Å². The molecule has 0 aliphatic heterocycles. The fourth-order valence-electron chi connectivity index (χ4n) is 6.97. The largest absolute Gasteiger partial charge is 0.494 e. The number of carbonyl (C=O) groups is 2. The summed E-state index contributed by atoms with van der Waals surface area (Å²) in [4.78, 5) is 42.7. The second-order valence-corrected chi connectivity index (χ2v) is 16.6. The molecule has 0 spiro atoms. The Labute approximate surface area is 402 Å². The number of nitrogen functional groups attached to an aromatic ring is 1. The predicted octanol–water partition coefficient (Wildman–Crippen LogP) is 8.31. The lowest BCUT2D eigenvalue weighted by atomic mass is 10.1. The molecule has 5 N–H and O–H groups in total. The van der Waals surface area contributed by atoms with Crippen LogP contribution in [0.1, 0.15) is 57.8 Å². The Kier molecular flexibility index (Phi) is 14.4. The molecule has 2 saturated carbocycles. The Balaban J connectivity index is 0.000000163. The van der Waals surface area contributed by atoms with Crippen LogP contribution in [0.5, 0.6) is 11.5 Å². The molecule has 2 fully saturated rings. The van der Waals surface area contributed by atoms with Crippen LogP contribution in [0.3, 0.4) is 0 Å². The van der Waals surface area contributed by atoms with Gasteiger partial charge in [0.05, 0.1) is 70.6 Å². The van der Waals surface area contributed by atoms with Crippen molar-refractivity contribution in [2.45, 2.75) is 39.5 Å². The maximum atomic E-state index is 13.0. The van der Waals surface area contributed by atoms with Gasteiger partial charge in [-0.25, -0.2) is 19.9 Å². The minimum absolute atomic E-state index is 0.0510. The second-order valence-electron chi connectivity index (χ2n) is 16.2. The molecule has 6 aromatic heterocycles. The summed E-state index contributed by atoms with van der Waals surface area (Å²) in [5, 5.41) is 34.4. The lowest BCUT2D eigenvalue weighted by Gasteiger charge is -2.17. The maximum Gasteiger partial charge on any atom is 0.184 e. The standard InChI is InChI=1S/C24H24N8O2.C19H18ClN5O2.C5H7N3/c1-14-7-10-20(30-29-14)28-21-11-19(17(12-25-21)22(33)15-8-9-15)27-18-6-4-5-16(23(18)34-3)24-26-13-32(2)31-24;1-25-10-22-19(24-25)12-4-3-5-14(18(12)27-2)23-15-8-16(20)21-9-13(15)17(26)11-6-7-11;1-4-2-3-5(6)8-7-4/h4-7,10-13,15H,8-9H2,1-3H3,(H2,25,27,28,30);3-5,8-11H,6-7H2,1-2H3,(H,21,23);2-3H,1H3,(H2,6,8). The second kappa shape index (κ2) is 21.1. The van der Waals surface area contributed by atoms with Crippen molar-refractivity contribution in [3.05, 3.63) is 126 Å². The number of hydrogen-bond donors (Lipinski definition) is 4. The average Bonchev–Trinajstić information content (AvgIpc) is 4.29. The topological polar surface area (TPSA) is 253 Å². The zero-order valence-corrected chi connectivity index (χ0v) is 39.4. The van der Waals surface area contributed by atoms with Gasteiger partial charge in [0.25, 0.3) is 0 Å². The fraction of sp³-hybridized carbons (Fsp3) is 0.250. The van der Waals surface area contributed by atoms with Crippen LogP contribution in [0.4, 0.5) is 40.2 Å². The van der Waals surface area contributed by atoms with Gasteiger partial charge in [-0.1, -0.05) is 23.7 Å². The highest BCUT2D eigenvalue weighted by Crippen LogP contribution is 2.41. The fourth-order valence-corrected chi connectivity index (χ4v) is 7.13. The highest BCUT2D eigenvalue weighted by molar-refractivity contribution is 6.30. The molecule has 0 unspecified atom stereocenters. The van der Waals surface area contributed by atoms with Crippen LogP contribution in [0.2, 0.25) is 5.15 Å². The number of nitrogens with two attached hydrogens (primary N) is 1. The van der Waals surface area contributed by atoms with Gasteiger partial charge in [-0.05, 0) is 94.1 Å². The van der Waals surface area contributed by atoms with Gasteiger partial charge < -0.3 is 31.2 Å². The van der Waals surface area contributed by atoms with Gasteiger partial charge in [-0.2, -0.15) is 20.4 Å². The van der Waals surface area contributed by atoms with E-state index in [0.29, 0.717) is 79.6 Å². The smallest absolute Gasteiger partial charge is 0.184 e. The zero-order valence-electron chi connectivity index (χ0n) is 38.7. The summed E-state index contributed by atoms with van der Waals surface area (Å²) in [6.07, 6.45) is 10.0. The Bertz CT molecular complexity index is 3080. The molecule has 0 amide bonds. The van der Waals surface area contributed by atoms with Crippen LogP contribution in [0.25, 0.3) is 22.8 Å². The number of ether oxygens (including phenoxy) is 2. The molecule has 352 valence electrons. The Morgan fingerprint density at radius 2 is 1.12 bits per heavy atom. The molecule has 6 heterocycles. The van der Waals surface area contributed by atoms with E-state index in [4.69, 9.17) is 26.8 Å². The van der Waals surface area contributed by atoms with E-state index in [9.17, 15) is 9.59 Å². The van der Waals surface area contributed by atoms with E-state index in [1.807, 2.05) is 75.5 Å². The Morgan fingerprint density at radius 1 is 0.609 bits per heavy atom. The molecular formula is C48H49ClN16O4. The van der Waals surface area contributed by atoms with Gasteiger partial charge >= 0.3 is 0 Å². The number of nitrogens with zero attached hydrogens (tertiary/aromatic N) is 12. The van der Waals surface area contributed by atoms with Gasteiger partial charge in [0.2, 0.25) is 0 Å². The summed E-state index contributed by atoms with van der Waals surface area (Å²) in [6.45, 7) is 3.74. The molecule has 69 heavy (non-hydrogen) atoms. The number of hydrogen-bond acceptors (Lipinski definition) is 18. The summed E-state index contributed by atoms with van der Waals surface area (Å²) in [6, 6.07) is 22.0. The predicted molar refractivity (Wildman–Crippen MR) is 261 cm³/mol. The maximum absolute atomic E-state index is 13.0. The summed E-state index contributed by atoms with van der Waals surface area (Å²) in [5.74, 6) is 4.13. The normalized spacial score (nSPS) is 12.7. The number of Topliss-reactive ketones (excluding diaryl/α,β-unsaturated/α-hetero) is 2. The number of aryl methyl sites for hydroxylation is 4. The molecule has 10 rings (SSSR count). The van der Waals surface area contributed by atoms with Gasteiger partial charge in [-0.3, -0.25) is 19.0 Å². The van der Waals surface area contributed by atoms with Gasteiger partial charge in [0, 0.05) is 44.4 Å². The Morgan fingerprint density at radius 3 is 1.55 bits per heavy atom. The van der Waals surface area contributed by atoms with Crippen molar-refractivity contribution in [3.63, 3.8) is 0 Å². The summed E-state index contributed by atoms with van der Waals surface area (Å²) >= 11 is 6.07. The van der Waals surface area contributed by atoms with Crippen molar-refractivity contribution in [3.8, 4) is 34.3 Å². The van der Waals surface area contributed by atoms with Crippen molar-refractivity contribution < 1.29 is 19.1 Å². The number of rotatable bonds is 14. The van der Waals surface area contributed by atoms with Crippen molar-refractivity contribution in [2.24, 2.45) is 25.9 Å². The van der Waals surface area contributed by atoms with Gasteiger partial charge in [0.15, 0.2) is 40.5 Å². The third-order valence-corrected chi connectivity index (χ3v) is 10.9. The molecule has 2 aromatic carbocycles. The van der Waals surface area contributed by atoms with E-state index >= 15 is 0 Å². The molecule has 20 nitrogen and oxygen atoms in total. The van der Waals surface area contributed by atoms with Crippen LogP contribution < -0.4 is 31.2 Å². The highest BCUT2D eigenvalue weighted by Gasteiger charge is 2.33. The molecular weight excluding hydrogens is 900 g/mol. The molecule has 0 saturated heterocycles. The van der Waals surface area contributed by atoms with E-state index in [0.717, 1.165) is 48.2 Å². The van der Waals surface area contributed by atoms with Crippen molar-refractivity contribution in [2.75, 3.05) is 35.9 Å². The number of pyridine rings is 2. The molecule has 0 radical (unpaired) electrons. The third-order valence-electron chi connectivity index (χ3n) is 10.7.